The van der Waals surface area contributed by atoms with E-state index in [1.807, 2.05) is 6.92 Å². The van der Waals surface area contributed by atoms with Crippen LogP contribution in [0, 0.1) is 5.41 Å². The SMILES string of the molecule is CCC1(CO)CCN(C(=O)C(=O)Nc2ccccc2Cl)CC1. The number of rotatable bonds is 3. The molecule has 2 rings (SSSR count). The summed E-state index contributed by atoms with van der Waals surface area (Å²) in [5.74, 6) is -1.23. The minimum absolute atomic E-state index is 0.115. The molecule has 1 fully saturated rings. The summed E-state index contributed by atoms with van der Waals surface area (Å²) in [5, 5.41) is 12.4. The first kappa shape index (κ1) is 16.8. The van der Waals surface area contributed by atoms with Crippen LogP contribution in [0.5, 0.6) is 0 Å². The maximum Gasteiger partial charge on any atom is 0.313 e. The fraction of sp³-hybridized carbons (Fsp3) is 0.500. The lowest BCUT2D eigenvalue weighted by Gasteiger charge is -2.39. The molecular formula is C16H21ClN2O3. The number of benzene rings is 1. The number of nitrogens with one attached hydrogen (secondary N) is 1. The van der Waals surface area contributed by atoms with Crippen LogP contribution in [0.4, 0.5) is 5.69 Å². The largest absolute Gasteiger partial charge is 0.396 e. The van der Waals surface area contributed by atoms with E-state index in [2.05, 4.69) is 5.32 Å². The van der Waals surface area contributed by atoms with E-state index >= 15 is 0 Å². The fourth-order valence-electron chi connectivity index (χ4n) is 2.69. The molecule has 0 saturated carbocycles. The van der Waals surface area contributed by atoms with Crippen LogP contribution in [-0.4, -0.2) is 41.5 Å². The quantitative estimate of drug-likeness (QED) is 0.838. The summed E-state index contributed by atoms with van der Waals surface area (Å²) in [4.78, 5) is 25.8. The van der Waals surface area contributed by atoms with Crippen LogP contribution in [0.2, 0.25) is 5.02 Å². The molecule has 1 aromatic rings. The number of carbonyl (C=O) groups is 2. The van der Waals surface area contributed by atoms with Gasteiger partial charge in [0.25, 0.3) is 0 Å². The second-order valence-electron chi connectivity index (χ2n) is 5.74. The number of para-hydroxylation sites is 1. The van der Waals surface area contributed by atoms with Gasteiger partial charge in [0.15, 0.2) is 0 Å². The lowest BCUT2D eigenvalue weighted by molar-refractivity contribution is -0.145. The molecule has 0 aliphatic carbocycles. The highest BCUT2D eigenvalue weighted by Crippen LogP contribution is 2.34. The summed E-state index contributed by atoms with van der Waals surface area (Å²) in [6, 6.07) is 6.80. The summed E-state index contributed by atoms with van der Waals surface area (Å²) in [6.07, 6.45) is 2.30. The minimum Gasteiger partial charge on any atom is -0.396 e. The third-order valence-corrected chi connectivity index (χ3v) is 4.84. The molecule has 120 valence electrons. The molecule has 0 spiro atoms. The van der Waals surface area contributed by atoms with Crippen molar-refractivity contribution in [1.82, 2.24) is 4.90 Å². The van der Waals surface area contributed by atoms with Gasteiger partial charge in [0.2, 0.25) is 0 Å². The van der Waals surface area contributed by atoms with Crippen molar-refractivity contribution >= 4 is 29.1 Å². The zero-order valence-electron chi connectivity index (χ0n) is 12.6. The van der Waals surface area contributed by atoms with Crippen LogP contribution in [0.1, 0.15) is 26.2 Å². The molecular weight excluding hydrogens is 304 g/mol. The normalized spacial score (nSPS) is 17.1. The number of hydrogen-bond donors (Lipinski definition) is 2. The third kappa shape index (κ3) is 3.59. The van der Waals surface area contributed by atoms with E-state index in [0.717, 1.165) is 6.42 Å². The number of likely N-dealkylation sites (tertiary alicyclic amines) is 1. The van der Waals surface area contributed by atoms with Crippen molar-refractivity contribution in [2.75, 3.05) is 25.0 Å². The van der Waals surface area contributed by atoms with Gasteiger partial charge in [-0.1, -0.05) is 30.7 Å². The van der Waals surface area contributed by atoms with Crippen LogP contribution in [-0.2, 0) is 9.59 Å². The van der Waals surface area contributed by atoms with E-state index in [1.165, 1.54) is 4.90 Å². The standard InChI is InChI=1S/C16H21ClN2O3/c1-2-16(11-20)7-9-19(10-8-16)15(22)14(21)18-13-6-4-3-5-12(13)17/h3-6,20H,2,7-11H2,1H3,(H,18,21). The van der Waals surface area contributed by atoms with Gasteiger partial charge in [-0.05, 0) is 36.8 Å². The van der Waals surface area contributed by atoms with E-state index in [0.29, 0.717) is 36.6 Å². The molecule has 5 nitrogen and oxygen atoms in total. The summed E-state index contributed by atoms with van der Waals surface area (Å²) in [6.45, 7) is 3.14. The van der Waals surface area contributed by atoms with E-state index in [4.69, 9.17) is 11.6 Å². The van der Waals surface area contributed by atoms with Gasteiger partial charge in [-0.3, -0.25) is 9.59 Å². The monoisotopic (exact) mass is 324 g/mol. The molecule has 1 aliphatic heterocycles. The van der Waals surface area contributed by atoms with E-state index in [-0.39, 0.29) is 12.0 Å². The Morgan fingerprint density at radius 1 is 1.32 bits per heavy atom. The van der Waals surface area contributed by atoms with Gasteiger partial charge in [-0.25, -0.2) is 0 Å². The Bertz CT molecular complexity index is 548. The molecule has 1 aromatic carbocycles. The van der Waals surface area contributed by atoms with Crippen molar-refractivity contribution < 1.29 is 14.7 Å². The Morgan fingerprint density at radius 2 is 1.95 bits per heavy atom. The highest BCUT2D eigenvalue weighted by Gasteiger charge is 2.35. The number of aliphatic hydroxyl groups excluding tert-OH is 1. The number of anilines is 1. The van der Waals surface area contributed by atoms with Crippen LogP contribution in [0.25, 0.3) is 0 Å². The summed E-state index contributed by atoms with van der Waals surface area (Å²) >= 11 is 5.97. The molecule has 0 radical (unpaired) electrons. The number of carbonyl (C=O) groups excluding carboxylic acids is 2. The lowest BCUT2D eigenvalue weighted by atomic mass is 9.77. The highest BCUT2D eigenvalue weighted by atomic mass is 35.5. The molecule has 2 N–H and O–H groups in total. The Kier molecular flexibility index (Phi) is 5.42. The Labute approximate surface area is 135 Å². The average molecular weight is 325 g/mol. The first-order valence-electron chi connectivity index (χ1n) is 7.47. The van der Waals surface area contributed by atoms with E-state index < -0.39 is 11.8 Å². The van der Waals surface area contributed by atoms with Gasteiger partial charge < -0.3 is 15.3 Å². The summed E-state index contributed by atoms with van der Waals surface area (Å²) in [7, 11) is 0. The number of hydrogen-bond acceptors (Lipinski definition) is 3. The predicted molar refractivity (Wildman–Crippen MR) is 85.7 cm³/mol. The number of halogens is 1. The van der Waals surface area contributed by atoms with Crippen molar-refractivity contribution in [3.8, 4) is 0 Å². The van der Waals surface area contributed by atoms with Crippen LogP contribution in [0.15, 0.2) is 24.3 Å². The van der Waals surface area contributed by atoms with Crippen molar-refractivity contribution in [3.05, 3.63) is 29.3 Å². The lowest BCUT2D eigenvalue weighted by Crippen LogP contribution is -2.48. The molecule has 22 heavy (non-hydrogen) atoms. The highest BCUT2D eigenvalue weighted by molar-refractivity contribution is 6.41. The number of nitrogens with zero attached hydrogens (tertiary/aromatic N) is 1. The molecule has 0 aromatic heterocycles. The van der Waals surface area contributed by atoms with Gasteiger partial charge in [-0.15, -0.1) is 0 Å². The third-order valence-electron chi connectivity index (χ3n) is 4.51. The maximum atomic E-state index is 12.2. The zero-order valence-corrected chi connectivity index (χ0v) is 13.4. The molecule has 1 aliphatic rings. The van der Waals surface area contributed by atoms with Gasteiger partial charge >= 0.3 is 11.8 Å². The number of piperidine rings is 1. The second-order valence-corrected chi connectivity index (χ2v) is 6.15. The zero-order chi connectivity index (χ0) is 16.2. The number of aliphatic hydroxyl groups is 1. The van der Waals surface area contributed by atoms with Crippen LogP contribution < -0.4 is 5.32 Å². The van der Waals surface area contributed by atoms with Crippen LogP contribution >= 0.6 is 11.6 Å². The summed E-state index contributed by atoms with van der Waals surface area (Å²) < 4.78 is 0. The van der Waals surface area contributed by atoms with Crippen molar-refractivity contribution in [2.24, 2.45) is 5.41 Å². The van der Waals surface area contributed by atoms with Gasteiger partial charge in [0, 0.05) is 19.7 Å². The molecule has 1 saturated heterocycles. The topological polar surface area (TPSA) is 69.6 Å². The predicted octanol–water partition coefficient (Wildman–Crippen LogP) is 2.29. The first-order chi connectivity index (χ1) is 10.5. The second kappa shape index (κ2) is 7.11. The van der Waals surface area contributed by atoms with Crippen LogP contribution in [0.3, 0.4) is 0 Å². The first-order valence-corrected chi connectivity index (χ1v) is 7.85. The molecule has 0 bridgehead atoms. The van der Waals surface area contributed by atoms with Gasteiger partial charge in [0.05, 0.1) is 10.7 Å². The molecule has 6 heteroatoms. The average Bonchev–Trinajstić information content (AvgIpc) is 2.56. The minimum atomic E-state index is -0.680. The molecule has 2 amide bonds. The van der Waals surface area contributed by atoms with Crippen molar-refractivity contribution in [3.63, 3.8) is 0 Å². The van der Waals surface area contributed by atoms with Crippen molar-refractivity contribution in [2.45, 2.75) is 26.2 Å². The maximum absolute atomic E-state index is 12.2. The molecule has 1 heterocycles. The van der Waals surface area contributed by atoms with Gasteiger partial charge in [-0.2, -0.15) is 0 Å². The molecule has 0 unspecified atom stereocenters. The number of amides is 2. The van der Waals surface area contributed by atoms with Crippen molar-refractivity contribution in [1.29, 1.82) is 0 Å². The summed E-state index contributed by atoms with van der Waals surface area (Å²) in [5.41, 5.74) is 0.313. The smallest absolute Gasteiger partial charge is 0.313 e. The Morgan fingerprint density at radius 3 is 2.50 bits per heavy atom. The van der Waals surface area contributed by atoms with E-state index in [1.54, 1.807) is 24.3 Å². The Balaban J connectivity index is 1.95. The fourth-order valence-corrected chi connectivity index (χ4v) is 2.87. The van der Waals surface area contributed by atoms with E-state index in [9.17, 15) is 14.7 Å². The molecule has 0 atom stereocenters. The van der Waals surface area contributed by atoms with Gasteiger partial charge in [0.1, 0.15) is 0 Å². The Hall–Kier alpha value is -1.59.